The number of nitrogens with zero attached hydrogens (tertiary/aromatic N) is 2. The normalized spacial score (nSPS) is 16.1. The highest BCUT2D eigenvalue weighted by Crippen LogP contribution is 2.22. The summed E-state index contributed by atoms with van der Waals surface area (Å²) in [6, 6.07) is 24.6. The molecule has 1 unspecified atom stereocenters. The molecule has 1 saturated heterocycles. The maximum Gasteiger partial charge on any atom is 0.263 e. The molecule has 4 heteroatoms. The standard InChI is InChI=1S/C24H26N2O2/c1-19(28-23-12-11-21-9-5-6-10-22(21)17-23)24(27)26-15-13-25(14-16-26)18-20-7-3-2-4-8-20/h2-12,17,19H,13-16,18H2,1H3. The number of piperazine rings is 1. The van der Waals surface area contributed by atoms with E-state index in [2.05, 4.69) is 41.3 Å². The van der Waals surface area contributed by atoms with Crippen LogP contribution in [0.25, 0.3) is 10.8 Å². The van der Waals surface area contributed by atoms with Crippen LogP contribution in [-0.2, 0) is 11.3 Å². The molecular weight excluding hydrogens is 348 g/mol. The summed E-state index contributed by atoms with van der Waals surface area (Å²) >= 11 is 0. The lowest BCUT2D eigenvalue weighted by atomic mass is 10.1. The third kappa shape index (κ3) is 4.34. The second-order valence-electron chi connectivity index (χ2n) is 7.36. The SMILES string of the molecule is CC(Oc1ccc2ccccc2c1)C(=O)N1CCN(Cc2ccccc2)CC1. The smallest absolute Gasteiger partial charge is 0.263 e. The minimum absolute atomic E-state index is 0.0625. The summed E-state index contributed by atoms with van der Waals surface area (Å²) in [5.41, 5.74) is 1.32. The van der Waals surface area contributed by atoms with E-state index >= 15 is 0 Å². The number of benzene rings is 3. The monoisotopic (exact) mass is 374 g/mol. The summed E-state index contributed by atoms with van der Waals surface area (Å²) in [6.07, 6.45) is -0.484. The molecule has 0 aliphatic carbocycles. The fraction of sp³-hybridized carbons (Fsp3) is 0.292. The van der Waals surface area contributed by atoms with Crippen LogP contribution in [0.3, 0.4) is 0 Å². The number of ether oxygens (including phenoxy) is 1. The van der Waals surface area contributed by atoms with E-state index in [1.54, 1.807) is 0 Å². The fourth-order valence-corrected chi connectivity index (χ4v) is 3.72. The molecule has 0 bridgehead atoms. The van der Waals surface area contributed by atoms with Gasteiger partial charge in [-0.1, -0.05) is 60.7 Å². The van der Waals surface area contributed by atoms with Crippen LogP contribution in [0, 0.1) is 0 Å². The van der Waals surface area contributed by atoms with Crippen LogP contribution in [0.4, 0.5) is 0 Å². The van der Waals surface area contributed by atoms with Gasteiger partial charge in [0.2, 0.25) is 0 Å². The third-order valence-electron chi connectivity index (χ3n) is 5.31. The lowest BCUT2D eigenvalue weighted by molar-refractivity contribution is -0.139. The second-order valence-corrected chi connectivity index (χ2v) is 7.36. The van der Waals surface area contributed by atoms with Gasteiger partial charge >= 0.3 is 0 Å². The maximum atomic E-state index is 12.8. The number of carbonyl (C=O) groups excluding carboxylic acids is 1. The molecule has 1 aliphatic heterocycles. The number of hydrogen-bond acceptors (Lipinski definition) is 3. The van der Waals surface area contributed by atoms with Crippen molar-refractivity contribution in [1.29, 1.82) is 0 Å². The van der Waals surface area contributed by atoms with E-state index in [-0.39, 0.29) is 5.91 Å². The van der Waals surface area contributed by atoms with Gasteiger partial charge in [0, 0.05) is 32.7 Å². The Morgan fingerprint density at radius 2 is 1.57 bits per heavy atom. The van der Waals surface area contributed by atoms with Crippen LogP contribution in [0.15, 0.2) is 72.8 Å². The van der Waals surface area contributed by atoms with E-state index in [0.717, 1.165) is 43.9 Å². The van der Waals surface area contributed by atoms with Gasteiger partial charge in [-0.15, -0.1) is 0 Å². The van der Waals surface area contributed by atoms with Crippen molar-refractivity contribution >= 4 is 16.7 Å². The molecule has 0 aromatic heterocycles. The second kappa shape index (κ2) is 8.44. The summed E-state index contributed by atoms with van der Waals surface area (Å²) in [7, 11) is 0. The largest absolute Gasteiger partial charge is 0.481 e. The lowest BCUT2D eigenvalue weighted by Crippen LogP contribution is -2.51. The minimum Gasteiger partial charge on any atom is -0.481 e. The molecule has 1 atom stereocenters. The summed E-state index contributed by atoms with van der Waals surface area (Å²) in [6.45, 7) is 6.06. The van der Waals surface area contributed by atoms with E-state index in [1.165, 1.54) is 10.9 Å². The summed E-state index contributed by atoms with van der Waals surface area (Å²) < 4.78 is 5.96. The Bertz CT molecular complexity index is 934. The average Bonchev–Trinajstić information content (AvgIpc) is 2.74. The van der Waals surface area contributed by atoms with Crippen LogP contribution < -0.4 is 4.74 Å². The van der Waals surface area contributed by atoms with E-state index in [9.17, 15) is 4.79 Å². The van der Waals surface area contributed by atoms with Crippen molar-refractivity contribution in [1.82, 2.24) is 9.80 Å². The number of amides is 1. The van der Waals surface area contributed by atoms with Crippen molar-refractivity contribution in [3.8, 4) is 5.75 Å². The van der Waals surface area contributed by atoms with Gasteiger partial charge in [0.1, 0.15) is 5.75 Å². The maximum absolute atomic E-state index is 12.8. The first-order valence-corrected chi connectivity index (χ1v) is 9.89. The molecule has 144 valence electrons. The minimum atomic E-state index is -0.484. The predicted molar refractivity (Wildman–Crippen MR) is 112 cm³/mol. The Kier molecular flexibility index (Phi) is 5.58. The van der Waals surface area contributed by atoms with Gasteiger partial charge in [0.05, 0.1) is 0 Å². The van der Waals surface area contributed by atoms with Crippen LogP contribution in [0.1, 0.15) is 12.5 Å². The third-order valence-corrected chi connectivity index (χ3v) is 5.31. The fourth-order valence-electron chi connectivity index (χ4n) is 3.72. The number of fused-ring (bicyclic) bond motifs is 1. The molecule has 1 aliphatic rings. The van der Waals surface area contributed by atoms with Gasteiger partial charge in [-0.05, 0) is 35.4 Å². The van der Waals surface area contributed by atoms with E-state index in [4.69, 9.17) is 4.74 Å². The highest BCUT2D eigenvalue weighted by Gasteiger charge is 2.26. The molecule has 28 heavy (non-hydrogen) atoms. The summed E-state index contributed by atoms with van der Waals surface area (Å²) in [5, 5.41) is 2.29. The highest BCUT2D eigenvalue weighted by atomic mass is 16.5. The summed E-state index contributed by atoms with van der Waals surface area (Å²) in [4.78, 5) is 17.1. The molecule has 4 rings (SSSR count). The Morgan fingerprint density at radius 3 is 2.32 bits per heavy atom. The van der Waals surface area contributed by atoms with Crippen molar-refractivity contribution in [2.75, 3.05) is 26.2 Å². The average molecular weight is 374 g/mol. The Labute approximate surface area is 166 Å². The van der Waals surface area contributed by atoms with Crippen molar-refractivity contribution < 1.29 is 9.53 Å². The van der Waals surface area contributed by atoms with Gasteiger partial charge in [-0.3, -0.25) is 9.69 Å². The zero-order chi connectivity index (χ0) is 19.3. The van der Waals surface area contributed by atoms with Crippen LogP contribution >= 0.6 is 0 Å². The molecule has 0 radical (unpaired) electrons. The molecule has 3 aromatic rings. The van der Waals surface area contributed by atoms with E-state index < -0.39 is 6.10 Å². The zero-order valence-corrected chi connectivity index (χ0v) is 16.3. The van der Waals surface area contributed by atoms with Crippen molar-refractivity contribution in [2.45, 2.75) is 19.6 Å². The Hall–Kier alpha value is -2.85. The van der Waals surface area contributed by atoms with Crippen LogP contribution in [0.2, 0.25) is 0 Å². The van der Waals surface area contributed by atoms with E-state index in [1.807, 2.05) is 48.2 Å². The number of rotatable bonds is 5. The Morgan fingerprint density at radius 1 is 0.893 bits per heavy atom. The van der Waals surface area contributed by atoms with Crippen LogP contribution in [-0.4, -0.2) is 48.0 Å². The molecule has 3 aromatic carbocycles. The van der Waals surface area contributed by atoms with Gasteiger partial charge in [0.15, 0.2) is 6.10 Å². The summed E-state index contributed by atoms with van der Waals surface area (Å²) in [5.74, 6) is 0.801. The van der Waals surface area contributed by atoms with Gasteiger partial charge in [0.25, 0.3) is 5.91 Å². The molecule has 1 heterocycles. The molecule has 1 amide bonds. The highest BCUT2D eigenvalue weighted by molar-refractivity contribution is 5.84. The lowest BCUT2D eigenvalue weighted by Gasteiger charge is -2.35. The molecule has 1 fully saturated rings. The first-order valence-electron chi connectivity index (χ1n) is 9.89. The quantitative estimate of drug-likeness (QED) is 0.678. The van der Waals surface area contributed by atoms with Gasteiger partial charge < -0.3 is 9.64 Å². The van der Waals surface area contributed by atoms with Crippen molar-refractivity contribution in [3.63, 3.8) is 0 Å². The molecule has 0 N–H and O–H groups in total. The number of carbonyl (C=O) groups is 1. The molecule has 0 spiro atoms. The van der Waals surface area contributed by atoms with Crippen molar-refractivity contribution in [2.24, 2.45) is 0 Å². The predicted octanol–water partition coefficient (Wildman–Crippen LogP) is 3.95. The van der Waals surface area contributed by atoms with Gasteiger partial charge in [-0.25, -0.2) is 0 Å². The molecule has 4 nitrogen and oxygen atoms in total. The number of hydrogen-bond donors (Lipinski definition) is 0. The molecular formula is C24H26N2O2. The molecule has 0 saturated carbocycles. The topological polar surface area (TPSA) is 32.8 Å². The van der Waals surface area contributed by atoms with Crippen molar-refractivity contribution in [3.05, 3.63) is 78.4 Å². The van der Waals surface area contributed by atoms with Gasteiger partial charge in [-0.2, -0.15) is 0 Å². The zero-order valence-electron chi connectivity index (χ0n) is 16.3. The van der Waals surface area contributed by atoms with E-state index in [0.29, 0.717) is 0 Å². The Balaban J connectivity index is 1.31. The van der Waals surface area contributed by atoms with Crippen LogP contribution in [0.5, 0.6) is 5.75 Å². The first-order chi connectivity index (χ1) is 13.7. The first kappa shape index (κ1) is 18.5.